The summed E-state index contributed by atoms with van der Waals surface area (Å²) < 4.78 is 49.1. The van der Waals surface area contributed by atoms with Crippen LogP contribution in [-0.4, -0.2) is 55.6 Å². The molecule has 0 atom stereocenters. The van der Waals surface area contributed by atoms with Gasteiger partial charge in [0.1, 0.15) is 6.61 Å². The van der Waals surface area contributed by atoms with Crippen LogP contribution in [0.5, 0.6) is 11.5 Å². The van der Waals surface area contributed by atoms with Crippen LogP contribution in [0.15, 0.2) is 55.1 Å². The van der Waals surface area contributed by atoms with Gasteiger partial charge in [-0.2, -0.15) is 13.2 Å². The number of hydrogen-bond donors (Lipinski definition) is 0. The zero-order valence-electron chi connectivity index (χ0n) is 18.0. The average molecular weight is 448 g/mol. The Balaban J connectivity index is 1.61. The molecule has 0 saturated carbocycles. The van der Waals surface area contributed by atoms with E-state index >= 15 is 0 Å². The van der Waals surface area contributed by atoms with Crippen LogP contribution in [0.3, 0.4) is 0 Å². The van der Waals surface area contributed by atoms with Crippen molar-refractivity contribution in [1.82, 2.24) is 9.80 Å². The van der Waals surface area contributed by atoms with E-state index in [1.54, 1.807) is 29.2 Å². The summed E-state index contributed by atoms with van der Waals surface area (Å²) in [4.78, 5) is 17.0. The molecular formula is C24H27F3N2O3. The highest BCUT2D eigenvalue weighted by atomic mass is 19.4. The largest absolute Gasteiger partial charge is 0.493 e. The number of hydrogen-bond acceptors (Lipinski definition) is 4. The molecule has 32 heavy (non-hydrogen) atoms. The highest BCUT2D eigenvalue weighted by molar-refractivity contribution is 5.95. The molecule has 0 spiro atoms. The lowest BCUT2D eigenvalue weighted by Crippen LogP contribution is -2.35. The zero-order chi connectivity index (χ0) is 23.1. The maximum atomic E-state index is 13.0. The lowest BCUT2D eigenvalue weighted by Gasteiger charge is -2.22. The Morgan fingerprint density at radius 1 is 1.06 bits per heavy atom. The van der Waals surface area contributed by atoms with Crippen LogP contribution in [0.4, 0.5) is 13.2 Å². The summed E-state index contributed by atoms with van der Waals surface area (Å²) >= 11 is 0. The van der Waals surface area contributed by atoms with Crippen molar-refractivity contribution in [3.63, 3.8) is 0 Å². The molecule has 2 aromatic carbocycles. The predicted molar refractivity (Wildman–Crippen MR) is 116 cm³/mol. The summed E-state index contributed by atoms with van der Waals surface area (Å²) in [5.74, 6) is 0.939. The van der Waals surface area contributed by atoms with E-state index in [4.69, 9.17) is 9.47 Å². The van der Waals surface area contributed by atoms with Gasteiger partial charge in [-0.15, -0.1) is 0 Å². The van der Waals surface area contributed by atoms with Gasteiger partial charge in [0.2, 0.25) is 0 Å². The molecule has 2 aromatic rings. The first-order valence-corrected chi connectivity index (χ1v) is 10.4. The maximum Gasteiger partial charge on any atom is 0.416 e. The van der Waals surface area contributed by atoms with Gasteiger partial charge in [0.25, 0.3) is 5.91 Å². The van der Waals surface area contributed by atoms with Crippen molar-refractivity contribution in [2.45, 2.75) is 19.1 Å². The van der Waals surface area contributed by atoms with Crippen LogP contribution in [-0.2, 0) is 12.7 Å². The minimum absolute atomic E-state index is 0.0880. The second-order valence-electron chi connectivity index (χ2n) is 7.58. The van der Waals surface area contributed by atoms with Gasteiger partial charge in [-0.05, 0) is 42.3 Å². The molecule has 1 saturated heterocycles. The Morgan fingerprint density at radius 3 is 2.47 bits per heavy atom. The standard InChI is InChI=1S/C24H27F3N2O3/c1-3-15-32-21-10-7-19(16-22(21)31-2)23(30)29-12-4-11-28(13-14-29)17-18-5-8-20(9-6-18)24(25,26)27/h3,5-10,16H,1,4,11-15,17H2,2H3. The fourth-order valence-corrected chi connectivity index (χ4v) is 3.64. The number of halogens is 3. The van der Waals surface area contributed by atoms with Gasteiger partial charge in [0.05, 0.1) is 12.7 Å². The number of carbonyl (C=O) groups excluding carboxylic acids is 1. The van der Waals surface area contributed by atoms with Crippen LogP contribution < -0.4 is 9.47 Å². The molecule has 0 bridgehead atoms. The first-order valence-electron chi connectivity index (χ1n) is 10.4. The van der Waals surface area contributed by atoms with E-state index in [2.05, 4.69) is 11.5 Å². The third kappa shape index (κ3) is 6.03. The zero-order valence-corrected chi connectivity index (χ0v) is 18.0. The number of alkyl halides is 3. The predicted octanol–water partition coefficient (Wildman–Crippen LogP) is 4.63. The summed E-state index contributed by atoms with van der Waals surface area (Å²) in [5, 5.41) is 0. The third-order valence-corrected chi connectivity index (χ3v) is 5.33. The van der Waals surface area contributed by atoms with E-state index in [9.17, 15) is 18.0 Å². The van der Waals surface area contributed by atoms with Crippen LogP contribution in [0.1, 0.15) is 27.9 Å². The molecular weight excluding hydrogens is 421 g/mol. The number of carbonyl (C=O) groups is 1. The molecule has 1 heterocycles. The quantitative estimate of drug-likeness (QED) is 0.580. The summed E-state index contributed by atoms with van der Waals surface area (Å²) in [5.41, 5.74) is 0.687. The van der Waals surface area contributed by atoms with Crippen molar-refractivity contribution in [2.24, 2.45) is 0 Å². The van der Waals surface area contributed by atoms with Crippen molar-refractivity contribution >= 4 is 5.91 Å². The number of nitrogens with zero attached hydrogens (tertiary/aromatic N) is 2. The second-order valence-corrected chi connectivity index (χ2v) is 7.58. The molecule has 0 radical (unpaired) electrons. The van der Waals surface area contributed by atoms with Crippen LogP contribution in [0, 0.1) is 0 Å². The molecule has 5 nitrogen and oxygen atoms in total. The molecule has 1 aliphatic heterocycles. The molecule has 0 aromatic heterocycles. The van der Waals surface area contributed by atoms with Crippen LogP contribution in [0.2, 0.25) is 0 Å². The highest BCUT2D eigenvalue weighted by Gasteiger charge is 2.30. The monoisotopic (exact) mass is 448 g/mol. The van der Waals surface area contributed by atoms with Crippen molar-refractivity contribution in [1.29, 1.82) is 0 Å². The van der Waals surface area contributed by atoms with E-state index in [0.717, 1.165) is 30.7 Å². The summed E-state index contributed by atoms with van der Waals surface area (Å²) in [6.45, 7) is 7.06. The molecule has 1 aliphatic rings. The average Bonchev–Trinajstić information content (AvgIpc) is 3.02. The van der Waals surface area contributed by atoms with Crippen molar-refractivity contribution < 1.29 is 27.4 Å². The smallest absolute Gasteiger partial charge is 0.416 e. The van der Waals surface area contributed by atoms with Crippen LogP contribution in [0.25, 0.3) is 0 Å². The second kappa shape index (κ2) is 10.5. The van der Waals surface area contributed by atoms with E-state index < -0.39 is 11.7 Å². The Labute approximate surface area is 186 Å². The number of amides is 1. The molecule has 1 amide bonds. The van der Waals surface area contributed by atoms with E-state index in [1.165, 1.54) is 19.2 Å². The number of methoxy groups -OCH3 is 1. The molecule has 1 fully saturated rings. The Kier molecular flexibility index (Phi) is 7.80. The summed E-state index contributed by atoms with van der Waals surface area (Å²) in [7, 11) is 1.52. The Morgan fingerprint density at radius 2 is 1.81 bits per heavy atom. The van der Waals surface area contributed by atoms with Crippen molar-refractivity contribution in [2.75, 3.05) is 39.9 Å². The molecule has 0 aliphatic carbocycles. The molecule has 8 heteroatoms. The fraction of sp³-hybridized carbons (Fsp3) is 0.375. The fourth-order valence-electron chi connectivity index (χ4n) is 3.64. The minimum Gasteiger partial charge on any atom is -0.493 e. The third-order valence-electron chi connectivity index (χ3n) is 5.33. The molecule has 0 N–H and O–H groups in total. The first-order chi connectivity index (χ1) is 15.3. The molecule has 3 rings (SSSR count). The number of benzene rings is 2. The highest BCUT2D eigenvalue weighted by Crippen LogP contribution is 2.30. The summed E-state index contributed by atoms with van der Waals surface area (Å²) in [6, 6.07) is 10.3. The molecule has 0 unspecified atom stereocenters. The Bertz CT molecular complexity index is 929. The lowest BCUT2D eigenvalue weighted by atomic mass is 10.1. The topological polar surface area (TPSA) is 42.0 Å². The van der Waals surface area contributed by atoms with Gasteiger partial charge >= 0.3 is 6.18 Å². The van der Waals surface area contributed by atoms with Crippen LogP contribution >= 0.6 is 0 Å². The first kappa shape index (κ1) is 23.7. The number of ether oxygens (including phenoxy) is 2. The maximum absolute atomic E-state index is 13.0. The van der Waals surface area contributed by atoms with Gasteiger partial charge in [-0.25, -0.2) is 0 Å². The van der Waals surface area contributed by atoms with E-state index in [0.29, 0.717) is 49.8 Å². The van der Waals surface area contributed by atoms with E-state index in [-0.39, 0.29) is 5.91 Å². The Hall–Kier alpha value is -3.00. The van der Waals surface area contributed by atoms with Gasteiger partial charge in [0, 0.05) is 38.3 Å². The minimum atomic E-state index is -4.33. The van der Waals surface area contributed by atoms with Gasteiger partial charge in [0.15, 0.2) is 11.5 Å². The van der Waals surface area contributed by atoms with E-state index in [1.807, 2.05) is 0 Å². The number of rotatable bonds is 7. The van der Waals surface area contributed by atoms with Gasteiger partial charge in [-0.1, -0.05) is 24.8 Å². The lowest BCUT2D eigenvalue weighted by molar-refractivity contribution is -0.137. The van der Waals surface area contributed by atoms with Crippen molar-refractivity contribution in [3.8, 4) is 11.5 Å². The molecule has 172 valence electrons. The van der Waals surface area contributed by atoms with Gasteiger partial charge in [-0.3, -0.25) is 9.69 Å². The van der Waals surface area contributed by atoms with Gasteiger partial charge < -0.3 is 14.4 Å². The normalized spacial score (nSPS) is 15.2. The summed E-state index contributed by atoms with van der Waals surface area (Å²) in [6.07, 6.45) is -1.92. The SMILES string of the molecule is C=CCOc1ccc(C(=O)N2CCCN(Cc3ccc(C(F)(F)F)cc3)CC2)cc1OC. The van der Waals surface area contributed by atoms with Crippen molar-refractivity contribution in [3.05, 3.63) is 71.8 Å².